The molecule has 0 aromatic heterocycles. The van der Waals surface area contributed by atoms with Gasteiger partial charge in [0, 0.05) is 16.1 Å². The lowest BCUT2D eigenvalue weighted by Gasteiger charge is -2.28. The molecule has 0 spiro atoms. The highest BCUT2D eigenvalue weighted by molar-refractivity contribution is 9.10. The molecule has 0 saturated heterocycles. The van der Waals surface area contributed by atoms with Crippen LogP contribution in [0.1, 0.15) is 37.4 Å². The average molecular weight is 284 g/mol. The van der Waals surface area contributed by atoms with Crippen molar-refractivity contribution in [2.45, 2.75) is 38.3 Å². The lowest BCUT2D eigenvalue weighted by atomic mass is 10.0. The third kappa shape index (κ3) is 2.31. The largest absolute Gasteiger partial charge is 0.394 e. The molecule has 0 fully saturated rings. The van der Waals surface area contributed by atoms with Gasteiger partial charge in [0.1, 0.15) is 0 Å². The standard InChI is InChI=1S/C13H18BrNO/c1-13(2,8-16)15-12-7-6-9-10(12)4-3-5-11(9)14/h3-5,12,15-16H,6-8H2,1-2H3. The molecule has 1 aromatic rings. The first kappa shape index (κ1) is 12.1. The van der Waals surface area contributed by atoms with Crippen LogP contribution in [0.15, 0.2) is 22.7 Å². The van der Waals surface area contributed by atoms with Crippen molar-refractivity contribution in [1.82, 2.24) is 5.32 Å². The van der Waals surface area contributed by atoms with Gasteiger partial charge < -0.3 is 10.4 Å². The average Bonchev–Trinajstić information content (AvgIpc) is 2.63. The van der Waals surface area contributed by atoms with E-state index in [-0.39, 0.29) is 12.1 Å². The maximum atomic E-state index is 9.29. The summed E-state index contributed by atoms with van der Waals surface area (Å²) in [5.41, 5.74) is 2.57. The van der Waals surface area contributed by atoms with Crippen LogP contribution in [0, 0.1) is 0 Å². The van der Waals surface area contributed by atoms with Gasteiger partial charge in [0.2, 0.25) is 0 Å². The fourth-order valence-corrected chi connectivity index (χ4v) is 2.86. The zero-order valence-electron chi connectivity index (χ0n) is 9.76. The molecular formula is C13H18BrNO. The van der Waals surface area contributed by atoms with Crippen LogP contribution in [0.3, 0.4) is 0 Å². The molecule has 1 aromatic carbocycles. The van der Waals surface area contributed by atoms with Crippen LogP contribution in [-0.2, 0) is 6.42 Å². The Morgan fingerprint density at radius 2 is 2.25 bits per heavy atom. The van der Waals surface area contributed by atoms with Crippen LogP contribution in [0.5, 0.6) is 0 Å². The number of hydrogen-bond donors (Lipinski definition) is 2. The second-order valence-electron chi connectivity index (χ2n) is 5.09. The van der Waals surface area contributed by atoms with Crippen LogP contribution in [0.25, 0.3) is 0 Å². The summed E-state index contributed by atoms with van der Waals surface area (Å²) in [7, 11) is 0. The van der Waals surface area contributed by atoms with Gasteiger partial charge in [0.25, 0.3) is 0 Å². The van der Waals surface area contributed by atoms with E-state index in [0.717, 1.165) is 12.8 Å². The molecule has 16 heavy (non-hydrogen) atoms. The molecule has 0 radical (unpaired) electrons. The van der Waals surface area contributed by atoms with Gasteiger partial charge in [0.05, 0.1) is 6.61 Å². The molecule has 3 heteroatoms. The summed E-state index contributed by atoms with van der Waals surface area (Å²) >= 11 is 3.59. The summed E-state index contributed by atoms with van der Waals surface area (Å²) < 4.78 is 1.20. The highest BCUT2D eigenvalue weighted by Gasteiger charge is 2.28. The van der Waals surface area contributed by atoms with E-state index in [1.807, 2.05) is 13.8 Å². The minimum Gasteiger partial charge on any atom is -0.394 e. The summed E-state index contributed by atoms with van der Waals surface area (Å²) in [5.74, 6) is 0. The van der Waals surface area contributed by atoms with Gasteiger partial charge >= 0.3 is 0 Å². The molecule has 1 aliphatic rings. The van der Waals surface area contributed by atoms with E-state index < -0.39 is 0 Å². The van der Waals surface area contributed by atoms with E-state index in [1.165, 1.54) is 15.6 Å². The molecule has 0 bridgehead atoms. The normalized spacial score (nSPS) is 19.9. The Hall–Kier alpha value is -0.380. The fraction of sp³-hybridized carbons (Fsp3) is 0.538. The van der Waals surface area contributed by atoms with Crippen LogP contribution >= 0.6 is 15.9 Å². The molecule has 2 rings (SSSR count). The number of aliphatic hydroxyl groups is 1. The minimum absolute atomic E-state index is 0.160. The van der Waals surface area contributed by atoms with Gasteiger partial charge in [-0.25, -0.2) is 0 Å². The smallest absolute Gasteiger partial charge is 0.0608 e. The van der Waals surface area contributed by atoms with E-state index in [1.54, 1.807) is 0 Å². The third-order valence-corrected chi connectivity index (χ3v) is 3.92. The third-order valence-electron chi connectivity index (χ3n) is 3.17. The van der Waals surface area contributed by atoms with Crippen molar-refractivity contribution in [2.24, 2.45) is 0 Å². The second-order valence-corrected chi connectivity index (χ2v) is 5.94. The lowest BCUT2D eigenvalue weighted by Crippen LogP contribution is -2.44. The number of halogens is 1. The van der Waals surface area contributed by atoms with Crippen LogP contribution < -0.4 is 5.32 Å². The van der Waals surface area contributed by atoms with E-state index in [0.29, 0.717) is 6.04 Å². The molecule has 0 heterocycles. The molecule has 1 aliphatic carbocycles. The SMILES string of the molecule is CC(C)(CO)NC1CCc2c(Br)cccc21. The molecule has 1 atom stereocenters. The van der Waals surface area contributed by atoms with Crippen molar-refractivity contribution >= 4 is 15.9 Å². The number of fused-ring (bicyclic) bond motifs is 1. The molecule has 0 amide bonds. The molecule has 2 N–H and O–H groups in total. The Labute approximate surface area is 105 Å². The Balaban J connectivity index is 2.21. The molecule has 0 aliphatic heterocycles. The van der Waals surface area contributed by atoms with Crippen molar-refractivity contribution < 1.29 is 5.11 Å². The van der Waals surface area contributed by atoms with Gasteiger partial charge in [-0.3, -0.25) is 0 Å². The number of aliphatic hydroxyl groups excluding tert-OH is 1. The zero-order valence-corrected chi connectivity index (χ0v) is 11.3. The maximum absolute atomic E-state index is 9.29. The van der Waals surface area contributed by atoms with Gasteiger partial charge in [-0.05, 0) is 43.9 Å². The molecule has 88 valence electrons. The van der Waals surface area contributed by atoms with E-state index >= 15 is 0 Å². The lowest BCUT2D eigenvalue weighted by molar-refractivity contribution is 0.175. The molecule has 1 unspecified atom stereocenters. The highest BCUT2D eigenvalue weighted by atomic mass is 79.9. The summed E-state index contributed by atoms with van der Waals surface area (Å²) in [6, 6.07) is 6.72. The van der Waals surface area contributed by atoms with Crippen LogP contribution in [0.2, 0.25) is 0 Å². The maximum Gasteiger partial charge on any atom is 0.0608 e. The van der Waals surface area contributed by atoms with E-state index in [2.05, 4.69) is 39.4 Å². The predicted octanol–water partition coefficient (Wildman–Crippen LogP) is 2.80. The quantitative estimate of drug-likeness (QED) is 0.894. The van der Waals surface area contributed by atoms with Crippen molar-refractivity contribution in [1.29, 1.82) is 0 Å². The van der Waals surface area contributed by atoms with Crippen LogP contribution in [0.4, 0.5) is 0 Å². The van der Waals surface area contributed by atoms with Crippen molar-refractivity contribution in [3.63, 3.8) is 0 Å². The summed E-state index contributed by atoms with van der Waals surface area (Å²) in [4.78, 5) is 0. The molecular weight excluding hydrogens is 266 g/mol. The van der Waals surface area contributed by atoms with Crippen molar-refractivity contribution in [2.75, 3.05) is 6.61 Å². The first-order valence-electron chi connectivity index (χ1n) is 5.69. The number of hydrogen-bond acceptors (Lipinski definition) is 2. The zero-order chi connectivity index (χ0) is 11.8. The Morgan fingerprint density at radius 3 is 2.94 bits per heavy atom. The van der Waals surface area contributed by atoms with Gasteiger partial charge in [-0.15, -0.1) is 0 Å². The predicted molar refractivity (Wildman–Crippen MR) is 69.5 cm³/mol. The Kier molecular flexibility index (Phi) is 3.38. The monoisotopic (exact) mass is 283 g/mol. The van der Waals surface area contributed by atoms with E-state index in [9.17, 15) is 5.11 Å². The van der Waals surface area contributed by atoms with Crippen molar-refractivity contribution in [3.05, 3.63) is 33.8 Å². The summed E-state index contributed by atoms with van der Waals surface area (Å²) in [6.07, 6.45) is 2.22. The topological polar surface area (TPSA) is 32.3 Å². The fourth-order valence-electron chi connectivity index (χ4n) is 2.28. The number of nitrogens with one attached hydrogen (secondary N) is 1. The van der Waals surface area contributed by atoms with Crippen LogP contribution in [-0.4, -0.2) is 17.3 Å². The Morgan fingerprint density at radius 1 is 1.50 bits per heavy atom. The molecule has 0 saturated carbocycles. The number of rotatable bonds is 3. The number of benzene rings is 1. The van der Waals surface area contributed by atoms with Crippen molar-refractivity contribution in [3.8, 4) is 0 Å². The minimum atomic E-state index is -0.214. The van der Waals surface area contributed by atoms with Gasteiger partial charge in [0.15, 0.2) is 0 Å². The van der Waals surface area contributed by atoms with Gasteiger partial charge in [-0.2, -0.15) is 0 Å². The highest BCUT2D eigenvalue weighted by Crippen LogP contribution is 2.36. The first-order valence-corrected chi connectivity index (χ1v) is 6.48. The van der Waals surface area contributed by atoms with E-state index in [4.69, 9.17) is 0 Å². The summed E-state index contributed by atoms with van der Waals surface area (Å²) in [6.45, 7) is 4.22. The Bertz CT molecular complexity index is 390. The first-order chi connectivity index (χ1) is 7.53. The second kappa shape index (κ2) is 4.47. The molecule has 2 nitrogen and oxygen atoms in total. The van der Waals surface area contributed by atoms with Gasteiger partial charge in [-0.1, -0.05) is 28.1 Å². The summed E-state index contributed by atoms with van der Waals surface area (Å²) in [5, 5.41) is 12.8.